The minimum Gasteiger partial charge on any atom is -0.481 e. The number of hydrogen-bond donors (Lipinski definition) is 3. The first-order valence-corrected chi connectivity index (χ1v) is 10.3. The number of benzene rings is 2. The number of halogens is 2. The number of hydrogen-bond acceptors (Lipinski definition) is 4. The number of aliphatic carboxylic acids is 1. The highest BCUT2D eigenvalue weighted by molar-refractivity contribution is 5.84. The molecule has 32 heavy (non-hydrogen) atoms. The van der Waals surface area contributed by atoms with Crippen molar-refractivity contribution < 1.29 is 33.0 Å². The number of ether oxygens (including phenoxy) is 1. The van der Waals surface area contributed by atoms with Crippen LogP contribution in [0, 0.1) is 11.8 Å². The number of nitrogens with one attached hydrogen (secondary N) is 2. The summed E-state index contributed by atoms with van der Waals surface area (Å²) in [6, 6.07) is 15.5. The molecule has 0 unspecified atom stereocenters. The Morgan fingerprint density at radius 3 is 2.16 bits per heavy atom. The predicted molar refractivity (Wildman–Crippen MR) is 110 cm³/mol. The second-order valence-corrected chi connectivity index (χ2v) is 8.03. The van der Waals surface area contributed by atoms with E-state index in [1.165, 1.54) is 0 Å². The number of rotatable bonds is 8. The first kappa shape index (κ1) is 21.7. The summed E-state index contributed by atoms with van der Waals surface area (Å²) < 4.78 is 33.3. The summed E-state index contributed by atoms with van der Waals surface area (Å²) in [5.41, 5.74) is 4.07. The molecule has 4 rings (SSSR count). The molecule has 0 aliphatic heterocycles. The zero-order valence-electron chi connectivity index (χ0n) is 17.0. The first-order valence-electron chi connectivity index (χ1n) is 10.3. The molecule has 2 aliphatic rings. The van der Waals surface area contributed by atoms with E-state index in [2.05, 4.69) is 0 Å². The van der Waals surface area contributed by atoms with Gasteiger partial charge < -0.3 is 20.5 Å². The molecule has 3 N–H and O–H groups in total. The van der Waals surface area contributed by atoms with Crippen LogP contribution in [-0.4, -0.2) is 48.7 Å². The van der Waals surface area contributed by atoms with Crippen molar-refractivity contribution in [1.82, 2.24) is 10.6 Å². The van der Waals surface area contributed by atoms with Crippen molar-refractivity contribution in [3.63, 3.8) is 0 Å². The third kappa shape index (κ3) is 4.42. The molecule has 0 saturated heterocycles. The fraction of sp³-hybridized carbons (Fsp3) is 0.348. The first-order chi connectivity index (χ1) is 15.3. The van der Waals surface area contributed by atoms with Gasteiger partial charge in [-0.2, -0.15) is 8.78 Å². The third-order valence-corrected chi connectivity index (χ3v) is 5.90. The lowest BCUT2D eigenvalue weighted by molar-refractivity contribution is -0.145. The van der Waals surface area contributed by atoms with Crippen LogP contribution in [0.5, 0.6) is 0 Å². The monoisotopic (exact) mass is 444 g/mol. The Balaban J connectivity index is 1.27. The lowest BCUT2D eigenvalue weighted by atomic mass is 9.98. The topological polar surface area (TPSA) is 105 Å². The van der Waals surface area contributed by atoms with Gasteiger partial charge in [0.2, 0.25) is 0 Å². The number of carbonyl (C=O) groups is 3. The van der Waals surface area contributed by atoms with Crippen LogP contribution < -0.4 is 10.6 Å². The quantitative estimate of drug-likeness (QED) is 0.581. The number of carboxylic acids is 1. The molecular formula is C23H22F2N2O5. The highest BCUT2D eigenvalue weighted by Crippen LogP contribution is 2.44. The zero-order valence-corrected chi connectivity index (χ0v) is 17.0. The summed E-state index contributed by atoms with van der Waals surface area (Å²) >= 11 is 0. The van der Waals surface area contributed by atoms with E-state index in [0.717, 1.165) is 22.3 Å². The Labute approximate surface area is 182 Å². The van der Waals surface area contributed by atoms with Gasteiger partial charge in [-0.15, -0.1) is 0 Å². The highest BCUT2D eigenvalue weighted by Gasteiger charge is 2.45. The third-order valence-electron chi connectivity index (χ3n) is 5.90. The normalized spacial score (nSPS) is 18.9. The van der Waals surface area contributed by atoms with Gasteiger partial charge in [-0.25, -0.2) is 4.79 Å². The molecule has 0 spiro atoms. The number of amides is 2. The SMILES string of the molecule is O=C(NCC(F)(F)C(=O)NC[C@H]1C[C@H]1C(=O)O)OCC1c2ccccc2-c2ccccc21. The van der Waals surface area contributed by atoms with Crippen molar-refractivity contribution >= 4 is 18.0 Å². The summed E-state index contributed by atoms with van der Waals surface area (Å²) in [7, 11) is 0. The maximum atomic E-state index is 14.0. The van der Waals surface area contributed by atoms with Crippen LogP contribution in [0.25, 0.3) is 11.1 Å². The molecule has 0 heterocycles. The van der Waals surface area contributed by atoms with E-state index in [-0.39, 0.29) is 25.0 Å². The number of fused-ring (bicyclic) bond motifs is 3. The Morgan fingerprint density at radius 1 is 1.00 bits per heavy atom. The van der Waals surface area contributed by atoms with Crippen molar-refractivity contribution in [2.24, 2.45) is 11.8 Å². The standard InChI is InChI=1S/C23H22F2N2O5/c24-23(25,21(30)26-10-13-9-18(13)20(28)29)12-27-22(31)32-11-19-16-7-3-1-5-14(16)15-6-2-4-8-17(15)19/h1-8,13,18-19H,9-12H2,(H,26,30)(H,27,31)(H,28,29)/t13-,18-/m1/s1. The van der Waals surface area contributed by atoms with Gasteiger partial charge >= 0.3 is 18.0 Å². The van der Waals surface area contributed by atoms with Gasteiger partial charge in [0.15, 0.2) is 0 Å². The molecule has 0 radical (unpaired) electrons. The predicted octanol–water partition coefficient (Wildman–Crippen LogP) is 3.00. The molecule has 2 aliphatic carbocycles. The fourth-order valence-electron chi connectivity index (χ4n) is 4.04. The van der Waals surface area contributed by atoms with Crippen molar-refractivity contribution in [1.29, 1.82) is 0 Å². The minimum absolute atomic E-state index is 0.0319. The summed E-state index contributed by atoms with van der Waals surface area (Å²) in [5, 5.41) is 12.8. The molecule has 168 valence electrons. The van der Waals surface area contributed by atoms with Gasteiger partial charge in [0, 0.05) is 12.5 Å². The van der Waals surface area contributed by atoms with Gasteiger partial charge in [0.25, 0.3) is 5.91 Å². The number of carbonyl (C=O) groups excluding carboxylic acids is 2. The van der Waals surface area contributed by atoms with Crippen LogP contribution in [0.2, 0.25) is 0 Å². The molecule has 1 fully saturated rings. The number of alkyl carbamates (subject to hydrolysis) is 1. The fourth-order valence-corrected chi connectivity index (χ4v) is 4.04. The second-order valence-electron chi connectivity index (χ2n) is 8.03. The van der Waals surface area contributed by atoms with Crippen molar-refractivity contribution in [2.45, 2.75) is 18.3 Å². The molecule has 7 nitrogen and oxygen atoms in total. The number of carboxylic acid groups (broad SMARTS) is 1. The molecule has 2 amide bonds. The van der Waals surface area contributed by atoms with E-state index in [1.54, 1.807) is 0 Å². The lowest BCUT2D eigenvalue weighted by Crippen LogP contribution is -2.48. The van der Waals surface area contributed by atoms with E-state index in [0.29, 0.717) is 6.42 Å². The average Bonchev–Trinajstić information content (AvgIpc) is 3.50. The van der Waals surface area contributed by atoms with E-state index < -0.39 is 36.4 Å². The van der Waals surface area contributed by atoms with Crippen LogP contribution in [0.15, 0.2) is 48.5 Å². The van der Waals surface area contributed by atoms with Gasteiger partial charge in [-0.05, 0) is 34.6 Å². The molecule has 2 aromatic rings. The lowest BCUT2D eigenvalue weighted by Gasteiger charge is -2.18. The number of alkyl halides is 2. The summed E-state index contributed by atoms with van der Waals surface area (Å²) in [6.45, 7) is -1.39. The van der Waals surface area contributed by atoms with E-state index in [9.17, 15) is 23.2 Å². The molecule has 2 aromatic carbocycles. The Kier molecular flexibility index (Phi) is 5.82. The minimum atomic E-state index is -3.85. The van der Waals surface area contributed by atoms with E-state index >= 15 is 0 Å². The molecular weight excluding hydrogens is 422 g/mol. The van der Waals surface area contributed by atoms with Crippen LogP contribution in [0.4, 0.5) is 13.6 Å². The highest BCUT2D eigenvalue weighted by atomic mass is 19.3. The Bertz CT molecular complexity index is 1010. The summed E-state index contributed by atoms with van der Waals surface area (Å²) in [4.78, 5) is 34.5. The van der Waals surface area contributed by atoms with Gasteiger partial charge in [-0.1, -0.05) is 48.5 Å². The molecule has 0 bridgehead atoms. The van der Waals surface area contributed by atoms with Crippen molar-refractivity contribution in [2.75, 3.05) is 19.7 Å². The summed E-state index contributed by atoms with van der Waals surface area (Å²) in [6.07, 6.45) is -0.702. The summed E-state index contributed by atoms with van der Waals surface area (Å²) in [5.74, 6) is -7.58. The Hall–Kier alpha value is -3.49. The van der Waals surface area contributed by atoms with Crippen LogP contribution >= 0.6 is 0 Å². The zero-order chi connectivity index (χ0) is 22.9. The molecule has 0 aromatic heterocycles. The molecule has 9 heteroatoms. The van der Waals surface area contributed by atoms with Crippen LogP contribution in [0.1, 0.15) is 23.5 Å². The van der Waals surface area contributed by atoms with Crippen LogP contribution in [-0.2, 0) is 14.3 Å². The van der Waals surface area contributed by atoms with Crippen molar-refractivity contribution in [3.8, 4) is 11.1 Å². The van der Waals surface area contributed by atoms with Gasteiger partial charge in [0.05, 0.1) is 12.5 Å². The second kappa shape index (κ2) is 8.57. The molecule has 1 saturated carbocycles. The molecule has 2 atom stereocenters. The van der Waals surface area contributed by atoms with Gasteiger partial charge in [0.1, 0.15) is 6.61 Å². The van der Waals surface area contributed by atoms with Crippen molar-refractivity contribution in [3.05, 3.63) is 59.7 Å². The average molecular weight is 444 g/mol. The smallest absolute Gasteiger partial charge is 0.407 e. The van der Waals surface area contributed by atoms with E-state index in [4.69, 9.17) is 9.84 Å². The van der Waals surface area contributed by atoms with Crippen LogP contribution in [0.3, 0.4) is 0 Å². The Morgan fingerprint density at radius 2 is 1.59 bits per heavy atom. The van der Waals surface area contributed by atoms with Gasteiger partial charge in [-0.3, -0.25) is 9.59 Å². The maximum Gasteiger partial charge on any atom is 0.407 e. The van der Waals surface area contributed by atoms with E-state index in [1.807, 2.05) is 59.2 Å². The largest absolute Gasteiger partial charge is 0.481 e. The maximum absolute atomic E-state index is 14.0.